The van der Waals surface area contributed by atoms with E-state index in [-0.39, 0.29) is 11.9 Å². The van der Waals surface area contributed by atoms with E-state index in [4.69, 9.17) is 4.74 Å². The molecule has 2 aromatic rings. The normalized spacial score (nSPS) is 15.0. The van der Waals surface area contributed by atoms with Gasteiger partial charge in [-0.2, -0.15) is 0 Å². The average Bonchev–Trinajstić information content (AvgIpc) is 3.46. The maximum atomic E-state index is 12.9. The first-order chi connectivity index (χ1) is 12.1. The van der Waals surface area contributed by atoms with Crippen molar-refractivity contribution in [1.82, 2.24) is 4.90 Å². The van der Waals surface area contributed by atoms with Crippen molar-refractivity contribution >= 4 is 5.91 Å². The minimum atomic E-state index is 0.137. The van der Waals surface area contributed by atoms with Gasteiger partial charge >= 0.3 is 0 Å². The molecular weight excluding hydrogens is 310 g/mol. The standard InChI is InChI=1S/C22H27NO2/c1-16(2)17(3)23(20-11-12-20)22(24)19-9-13-21(14-10-19)25-15-18-7-5-4-6-8-18/h4-10,13-14,16-17,20H,11-12,15H2,1-3H3. The lowest BCUT2D eigenvalue weighted by molar-refractivity contribution is 0.0628. The zero-order valence-electron chi connectivity index (χ0n) is 15.3. The quantitative estimate of drug-likeness (QED) is 0.718. The van der Waals surface area contributed by atoms with Gasteiger partial charge in [-0.15, -0.1) is 0 Å². The number of rotatable bonds is 7. The molecule has 25 heavy (non-hydrogen) atoms. The van der Waals surface area contributed by atoms with Gasteiger partial charge in [-0.25, -0.2) is 0 Å². The minimum Gasteiger partial charge on any atom is -0.489 e. The van der Waals surface area contributed by atoms with Crippen LogP contribution in [0.4, 0.5) is 0 Å². The summed E-state index contributed by atoms with van der Waals surface area (Å²) in [5, 5.41) is 0. The Kier molecular flexibility index (Phi) is 5.42. The van der Waals surface area contributed by atoms with Crippen LogP contribution in [0.2, 0.25) is 0 Å². The summed E-state index contributed by atoms with van der Waals surface area (Å²) >= 11 is 0. The van der Waals surface area contributed by atoms with Gasteiger partial charge in [-0.1, -0.05) is 44.2 Å². The summed E-state index contributed by atoms with van der Waals surface area (Å²) in [4.78, 5) is 15.0. The highest BCUT2D eigenvalue weighted by molar-refractivity contribution is 5.95. The summed E-state index contributed by atoms with van der Waals surface area (Å²) < 4.78 is 5.81. The third-order valence-corrected chi connectivity index (χ3v) is 4.93. The predicted molar refractivity (Wildman–Crippen MR) is 101 cm³/mol. The van der Waals surface area contributed by atoms with Gasteiger partial charge in [0, 0.05) is 17.6 Å². The van der Waals surface area contributed by atoms with Crippen LogP contribution in [0.25, 0.3) is 0 Å². The van der Waals surface area contributed by atoms with Crippen LogP contribution in [-0.2, 0) is 6.61 Å². The monoisotopic (exact) mass is 337 g/mol. The van der Waals surface area contributed by atoms with Crippen LogP contribution in [0, 0.1) is 5.92 Å². The van der Waals surface area contributed by atoms with Crippen LogP contribution in [0.5, 0.6) is 5.75 Å². The molecule has 0 spiro atoms. The van der Waals surface area contributed by atoms with Crippen molar-refractivity contribution in [2.45, 2.75) is 52.3 Å². The van der Waals surface area contributed by atoms with Crippen LogP contribution in [0.1, 0.15) is 49.5 Å². The summed E-state index contributed by atoms with van der Waals surface area (Å²) in [6.07, 6.45) is 2.25. The van der Waals surface area contributed by atoms with Crippen molar-refractivity contribution in [1.29, 1.82) is 0 Å². The molecule has 3 nitrogen and oxygen atoms in total. The lowest BCUT2D eigenvalue weighted by Gasteiger charge is -2.32. The molecule has 0 bridgehead atoms. The second-order valence-corrected chi connectivity index (χ2v) is 7.23. The van der Waals surface area contributed by atoms with Crippen molar-refractivity contribution in [3.63, 3.8) is 0 Å². The highest BCUT2D eigenvalue weighted by atomic mass is 16.5. The van der Waals surface area contributed by atoms with Gasteiger partial charge in [0.1, 0.15) is 12.4 Å². The Morgan fingerprint density at radius 3 is 2.24 bits per heavy atom. The van der Waals surface area contributed by atoms with Crippen LogP contribution in [0.15, 0.2) is 54.6 Å². The molecule has 1 amide bonds. The fourth-order valence-electron chi connectivity index (χ4n) is 2.94. The van der Waals surface area contributed by atoms with E-state index < -0.39 is 0 Å². The molecule has 1 fully saturated rings. The fraction of sp³-hybridized carbons (Fsp3) is 0.409. The molecule has 0 saturated heterocycles. The van der Waals surface area contributed by atoms with Crippen LogP contribution < -0.4 is 4.74 Å². The SMILES string of the molecule is CC(C)C(C)N(C(=O)c1ccc(OCc2ccccc2)cc1)C1CC1. The van der Waals surface area contributed by atoms with E-state index in [0.717, 1.165) is 29.7 Å². The second kappa shape index (κ2) is 7.73. The Morgan fingerprint density at radius 2 is 1.68 bits per heavy atom. The Hall–Kier alpha value is -2.29. The number of benzene rings is 2. The Balaban J connectivity index is 1.65. The van der Waals surface area contributed by atoms with Crippen molar-refractivity contribution < 1.29 is 9.53 Å². The maximum Gasteiger partial charge on any atom is 0.254 e. The summed E-state index contributed by atoms with van der Waals surface area (Å²) in [6, 6.07) is 18.3. The van der Waals surface area contributed by atoms with Crippen molar-refractivity contribution in [3.8, 4) is 5.75 Å². The first kappa shape index (κ1) is 17.5. The van der Waals surface area contributed by atoms with E-state index in [1.54, 1.807) is 0 Å². The van der Waals surface area contributed by atoms with E-state index in [2.05, 4.69) is 25.7 Å². The number of hydrogen-bond donors (Lipinski definition) is 0. The van der Waals surface area contributed by atoms with Crippen molar-refractivity contribution in [3.05, 3.63) is 65.7 Å². The highest BCUT2D eigenvalue weighted by Crippen LogP contribution is 2.32. The van der Waals surface area contributed by atoms with Gasteiger partial charge in [-0.05, 0) is 55.5 Å². The van der Waals surface area contributed by atoms with E-state index in [1.165, 1.54) is 0 Å². The van der Waals surface area contributed by atoms with Crippen LogP contribution in [0.3, 0.4) is 0 Å². The second-order valence-electron chi connectivity index (χ2n) is 7.23. The fourth-order valence-corrected chi connectivity index (χ4v) is 2.94. The molecule has 0 aliphatic heterocycles. The topological polar surface area (TPSA) is 29.5 Å². The van der Waals surface area contributed by atoms with Crippen LogP contribution in [-0.4, -0.2) is 22.9 Å². The predicted octanol–water partition coefficient (Wildman–Crippen LogP) is 4.91. The number of carbonyl (C=O) groups excluding carboxylic acids is 1. The van der Waals surface area contributed by atoms with Gasteiger partial charge in [0.25, 0.3) is 5.91 Å². The molecule has 1 saturated carbocycles. The number of ether oxygens (including phenoxy) is 1. The lowest BCUT2D eigenvalue weighted by atomic mass is 10.0. The third kappa shape index (κ3) is 4.41. The Morgan fingerprint density at radius 1 is 1.04 bits per heavy atom. The first-order valence-electron chi connectivity index (χ1n) is 9.15. The van der Waals surface area contributed by atoms with Crippen molar-refractivity contribution in [2.24, 2.45) is 5.92 Å². The molecule has 132 valence electrons. The van der Waals surface area contributed by atoms with Gasteiger partial charge in [0.2, 0.25) is 0 Å². The number of hydrogen-bond acceptors (Lipinski definition) is 2. The summed E-state index contributed by atoms with van der Waals surface area (Å²) in [5.41, 5.74) is 1.87. The summed E-state index contributed by atoms with van der Waals surface area (Å²) in [5.74, 6) is 1.38. The molecule has 0 radical (unpaired) electrons. The van der Waals surface area contributed by atoms with Gasteiger partial charge < -0.3 is 9.64 Å². The zero-order chi connectivity index (χ0) is 17.8. The van der Waals surface area contributed by atoms with E-state index in [0.29, 0.717) is 18.6 Å². The average molecular weight is 337 g/mol. The molecule has 1 unspecified atom stereocenters. The number of carbonyl (C=O) groups is 1. The van der Waals surface area contributed by atoms with Gasteiger partial charge in [0.15, 0.2) is 0 Å². The van der Waals surface area contributed by atoms with Gasteiger partial charge in [0.05, 0.1) is 0 Å². The van der Waals surface area contributed by atoms with Crippen molar-refractivity contribution in [2.75, 3.05) is 0 Å². The first-order valence-corrected chi connectivity index (χ1v) is 9.15. The summed E-state index contributed by atoms with van der Waals surface area (Å²) in [7, 11) is 0. The largest absolute Gasteiger partial charge is 0.489 e. The van der Waals surface area contributed by atoms with E-state index in [1.807, 2.05) is 54.6 Å². The molecule has 3 heteroatoms. The zero-order valence-corrected chi connectivity index (χ0v) is 15.3. The third-order valence-electron chi connectivity index (χ3n) is 4.93. The summed E-state index contributed by atoms with van der Waals surface area (Å²) in [6.45, 7) is 7.03. The Labute approximate surface area is 150 Å². The molecule has 2 aromatic carbocycles. The smallest absolute Gasteiger partial charge is 0.254 e. The maximum absolute atomic E-state index is 12.9. The number of nitrogens with zero attached hydrogens (tertiary/aromatic N) is 1. The van der Waals surface area contributed by atoms with Gasteiger partial charge in [-0.3, -0.25) is 4.79 Å². The molecular formula is C22H27NO2. The molecule has 0 aromatic heterocycles. The lowest BCUT2D eigenvalue weighted by Crippen LogP contribution is -2.43. The van der Waals surface area contributed by atoms with Crippen LogP contribution >= 0.6 is 0 Å². The van der Waals surface area contributed by atoms with E-state index in [9.17, 15) is 4.79 Å². The molecule has 1 atom stereocenters. The van der Waals surface area contributed by atoms with E-state index >= 15 is 0 Å². The minimum absolute atomic E-state index is 0.137. The molecule has 0 N–H and O–H groups in total. The number of amides is 1. The molecule has 1 aliphatic carbocycles. The molecule has 0 heterocycles. The molecule has 3 rings (SSSR count). The molecule has 1 aliphatic rings. The Bertz CT molecular complexity index is 690. The highest BCUT2D eigenvalue weighted by Gasteiger charge is 2.36.